The molecular weight excluding hydrogens is 232 g/mol. The van der Waals surface area contributed by atoms with Crippen molar-refractivity contribution in [2.45, 2.75) is 31.2 Å². The molecule has 2 nitrogen and oxygen atoms in total. The Bertz CT molecular complexity index is 403. The molecule has 104 valence electrons. The van der Waals surface area contributed by atoms with Gasteiger partial charge in [0.15, 0.2) is 0 Å². The molecule has 19 heavy (non-hydrogen) atoms. The van der Waals surface area contributed by atoms with Crippen LogP contribution in [0.5, 0.6) is 0 Å². The van der Waals surface area contributed by atoms with Crippen LogP contribution in [0.3, 0.4) is 0 Å². The number of rotatable bonds is 4. The highest BCUT2D eigenvalue weighted by Crippen LogP contribution is 2.40. The quantitative estimate of drug-likeness (QED) is 0.820. The fourth-order valence-corrected chi connectivity index (χ4v) is 3.33. The Hall–Kier alpha value is -0.860. The van der Waals surface area contributed by atoms with Gasteiger partial charge in [0.1, 0.15) is 0 Å². The van der Waals surface area contributed by atoms with E-state index in [1.807, 2.05) is 0 Å². The maximum absolute atomic E-state index is 3.80. The standard InChI is InChI=1S/C17H27N2/c1-19(2)10-8-14(9-11-19)13-18-17-12-16(17)15-6-4-3-5-7-15/h3-7,14,16-18H,8-13H2,1-2H3/q+1/t16-,17+/m0/s1. The Labute approximate surface area is 117 Å². The lowest BCUT2D eigenvalue weighted by Crippen LogP contribution is -2.47. The van der Waals surface area contributed by atoms with Gasteiger partial charge in [0.05, 0.1) is 27.2 Å². The summed E-state index contributed by atoms with van der Waals surface area (Å²) in [5.74, 6) is 1.68. The molecule has 2 fully saturated rings. The van der Waals surface area contributed by atoms with Gasteiger partial charge in [0.25, 0.3) is 0 Å². The molecule has 0 radical (unpaired) electrons. The fraction of sp³-hybridized carbons (Fsp3) is 0.647. The molecule has 3 rings (SSSR count). The van der Waals surface area contributed by atoms with Crippen LogP contribution in [0, 0.1) is 5.92 Å². The van der Waals surface area contributed by atoms with Crippen LogP contribution in [-0.2, 0) is 0 Å². The first-order valence-electron chi connectivity index (χ1n) is 7.74. The molecule has 1 N–H and O–H groups in total. The van der Waals surface area contributed by atoms with Crippen LogP contribution in [0.15, 0.2) is 30.3 Å². The number of hydrogen-bond donors (Lipinski definition) is 1. The van der Waals surface area contributed by atoms with Crippen LogP contribution < -0.4 is 5.32 Å². The van der Waals surface area contributed by atoms with E-state index in [1.54, 1.807) is 0 Å². The summed E-state index contributed by atoms with van der Waals surface area (Å²) < 4.78 is 1.21. The van der Waals surface area contributed by atoms with Crippen molar-refractivity contribution in [2.24, 2.45) is 5.92 Å². The number of hydrogen-bond acceptors (Lipinski definition) is 1. The molecule has 2 atom stereocenters. The normalized spacial score (nSPS) is 30.2. The van der Waals surface area contributed by atoms with Crippen LogP contribution in [0.4, 0.5) is 0 Å². The Morgan fingerprint density at radius 3 is 2.47 bits per heavy atom. The van der Waals surface area contributed by atoms with Gasteiger partial charge in [-0.25, -0.2) is 0 Å². The monoisotopic (exact) mass is 259 g/mol. The summed E-state index contributed by atoms with van der Waals surface area (Å²) in [5, 5.41) is 3.80. The van der Waals surface area contributed by atoms with Gasteiger partial charge in [-0.3, -0.25) is 0 Å². The third kappa shape index (κ3) is 3.37. The van der Waals surface area contributed by atoms with Crippen molar-refractivity contribution in [3.63, 3.8) is 0 Å². The third-order valence-electron chi connectivity index (χ3n) is 4.97. The van der Waals surface area contributed by atoms with Crippen LogP contribution in [0.2, 0.25) is 0 Å². The molecule has 1 heterocycles. The number of nitrogens with zero attached hydrogens (tertiary/aromatic N) is 1. The van der Waals surface area contributed by atoms with Crippen LogP contribution in [0.25, 0.3) is 0 Å². The van der Waals surface area contributed by atoms with E-state index in [1.165, 1.54) is 48.9 Å². The van der Waals surface area contributed by atoms with E-state index < -0.39 is 0 Å². The van der Waals surface area contributed by atoms with Gasteiger partial charge >= 0.3 is 0 Å². The first kappa shape index (κ1) is 13.1. The molecule has 0 unspecified atom stereocenters. The highest BCUT2D eigenvalue weighted by atomic mass is 15.3. The summed E-state index contributed by atoms with van der Waals surface area (Å²) in [6.45, 7) is 3.92. The maximum atomic E-state index is 3.80. The molecule has 2 aliphatic rings. The molecule has 1 aromatic rings. The molecule has 1 aliphatic heterocycles. The average molecular weight is 259 g/mol. The van der Waals surface area contributed by atoms with Gasteiger partial charge in [0, 0.05) is 24.8 Å². The molecule has 1 aliphatic carbocycles. The second-order valence-electron chi connectivity index (χ2n) is 7.09. The van der Waals surface area contributed by atoms with Crippen molar-refractivity contribution in [3.05, 3.63) is 35.9 Å². The largest absolute Gasteiger partial charge is 0.328 e. The molecule has 1 saturated heterocycles. The molecule has 2 heteroatoms. The summed E-state index contributed by atoms with van der Waals surface area (Å²) in [7, 11) is 4.71. The van der Waals surface area contributed by atoms with E-state index in [0.29, 0.717) is 0 Å². The van der Waals surface area contributed by atoms with Gasteiger partial charge in [-0.2, -0.15) is 0 Å². The lowest BCUT2D eigenvalue weighted by molar-refractivity contribution is -0.896. The zero-order chi connectivity index (χ0) is 13.3. The van der Waals surface area contributed by atoms with Gasteiger partial charge in [0.2, 0.25) is 0 Å². The van der Waals surface area contributed by atoms with Gasteiger partial charge < -0.3 is 9.80 Å². The maximum Gasteiger partial charge on any atom is 0.0785 e. The Kier molecular flexibility index (Phi) is 3.64. The number of piperidine rings is 1. The van der Waals surface area contributed by atoms with E-state index >= 15 is 0 Å². The molecule has 1 aromatic carbocycles. The van der Waals surface area contributed by atoms with E-state index in [0.717, 1.165) is 17.9 Å². The molecule has 0 spiro atoms. The van der Waals surface area contributed by atoms with Crippen molar-refractivity contribution in [3.8, 4) is 0 Å². The van der Waals surface area contributed by atoms with E-state index in [9.17, 15) is 0 Å². The van der Waals surface area contributed by atoms with Crippen molar-refractivity contribution < 1.29 is 4.48 Å². The van der Waals surface area contributed by atoms with Crippen LogP contribution >= 0.6 is 0 Å². The Balaban J connectivity index is 1.41. The zero-order valence-corrected chi connectivity index (χ0v) is 12.3. The Morgan fingerprint density at radius 1 is 1.11 bits per heavy atom. The summed E-state index contributed by atoms with van der Waals surface area (Å²) in [5.41, 5.74) is 1.52. The molecule has 0 amide bonds. The predicted molar refractivity (Wildman–Crippen MR) is 80.2 cm³/mol. The van der Waals surface area contributed by atoms with Crippen LogP contribution in [0.1, 0.15) is 30.7 Å². The smallest absolute Gasteiger partial charge is 0.0785 e. The summed E-state index contributed by atoms with van der Waals surface area (Å²) in [6.07, 6.45) is 4.11. The second kappa shape index (κ2) is 5.26. The molecular formula is C17H27N2+. The van der Waals surface area contributed by atoms with Gasteiger partial charge in [-0.05, 0) is 24.4 Å². The predicted octanol–water partition coefficient (Wildman–Crippen LogP) is 2.62. The van der Waals surface area contributed by atoms with E-state index in [2.05, 4.69) is 49.7 Å². The molecule has 1 saturated carbocycles. The number of quaternary nitrogens is 1. The number of benzene rings is 1. The Morgan fingerprint density at radius 2 is 1.79 bits per heavy atom. The number of nitrogens with one attached hydrogen (secondary N) is 1. The van der Waals surface area contributed by atoms with Crippen molar-refractivity contribution in [2.75, 3.05) is 33.7 Å². The molecule has 0 aromatic heterocycles. The van der Waals surface area contributed by atoms with Crippen molar-refractivity contribution in [1.82, 2.24) is 5.32 Å². The minimum atomic E-state index is 0.742. The van der Waals surface area contributed by atoms with Gasteiger partial charge in [-0.15, -0.1) is 0 Å². The first-order valence-corrected chi connectivity index (χ1v) is 7.74. The summed E-state index contributed by atoms with van der Waals surface area (Å²) >= 11 is 0. The SMILES string of the molecule is C[N+]1(C)CCC(CN[C@@H]2C[C@H]2c2ccccc2)CC1. The molecule has 0 bridgehead atoms. The van der Waals surface area contributed by atoms with E-state index in [4.69, 9.17) is 0 Å². The zero-order valence-electron chi connectivity index (χ0n) is 12.3. The number of likely N-dealkylation sites (tertiary alicyclic amines) is 1. The van der Waals surface area contributed by atoms with Crippen molar-refractivity contribution in [1.29, 1.82) is 0 Å². The van der Waals surface area contributed by atoms with Crippen molar-refractivity contribution >= 4 is 0 Å². The third-order valence-corrected chi connectivity index (χ3v) is 4.97. The summed E-state index contributed by atoms with van der Waals surface area (Å²) in [4.78, 5) is 0. The average Bonchev–Trinajstić information content (AvgIpc) is 3.18. The minimum absolute atomic E-state index is 0.742. The first-order chi connectivity index (χ1) is 9.14. The topological polar surface area (TPSA) is 12.0 Å². The lowest BCUT2D eigenvalue weighted by atomic mass is 9.96. The highest BCUT2D eigenvalue weighted by molar-refractivity contribution is 5.27. The lowest BCUT2D eigenvalue weighted by Gasteiger charge is -2.37. The van der Waals surface area contributed by atoms with E-state index in [-0.39, 0.29) is 0 Å². The summed E-state index contributed by atoms with van der Waals surface area (Å²) in [6, 6.07) is 11.7. The highest BCUT2D eigenvalue weighted by Gasteiger charge is 2.38. The van der Waals surface area contributed by atoms with Crippen LogP contribution in [-0.4, -0.2) is 44.3 Å². The van der Waals surface area contributed by atoms with Gasteiger partial charge in [-0.1, -0.05) is 30.3 Å². The fourth-order valence-electron chi connectivity index (χ4n) is 3.33. The minimum Gasteiger partial charge on any atom is -0.328 e. The second-order valence-corrected chi connectivity index (χ2v) is 7.09.